The van der Waals surface area contributed by atoms with Gasteiger partial charge in [-0.2, -0.15) is 0 Å². The van der Waals surface area contributed by atoms with Crippen molar-refractivity contribution in [1.29, 1.82) is 0 Å². The second-order valence-corrected chi connectivity index (χ2v) is 12.4. The third-order valence-corrected chi connectivity index (χ3v) is 10.7. The van der Waals surface area contributed by atoms with Gasteiger partial charge in [-0.25, -0.2) is 0 Å². The lowest BCUT2D eigenvalue weighted by molar-refractivity contribution is -0.0000152. The summed E-state index contributed by atoms with van der Waals surface area (Å²) in [5.74, 6) is -0.145. The minimum atomic E-state index is -2.52. The Bertz CT molecular complexity index is 1390. The minimum absolute atomic E-state index is 0. The van der Waals surface area contributed by atoms with Crippen molar-refractivity contribution in [1.82, 2.24) is 5.32 Å². The number of halogens is 2. The number of benzene rings is 5. The third-order valence-electron chi connectivity index (χ3n) is 6.24. The normalized spacial score (nSPS) is 11.3. The summed E-state index contributed by atoms with van der Waals surface area (Å²) in [4.78, 5) is 13.7. The summed E-state index contributed by atoms with van der Waals surface area (Å²) in [6.07, 6.45) is 2.10. The molecule has 188 valence electrons. The summed E-state index contributed by atoms with van der Waals surface area (Å²) in [6, 6.07) is 48.5. The molecular formula is C33H26Cl2NOP. The quantitative estimate of drug-likeness (QED) is 0.302. The predicted octanol–water partition coefficient (Wildman–Crippen LogP) is 4.07. The van der Waals surface area contributed by atoms with E-state index in [0.29, 0.717) is 10.6 Å². The smallest absolute Gasteiger partial charge is 0.258 e. The van der Waals surface area contributed by atoms with Crippen molar-refractivity contribution >= 4 is 46.8 Å². The maximum absolute atomic E-state index is 13.7. The van der Waals surface area contributed by atoms with Crippen LogP contribution in [0.15, 0.2) is 151 Å². The molecule has 0 unspecified atom stereocenters. The summed E-state index contributed by atoms with van der Waals surface area (Å²) in [6.45, 7) is 0. The monoisotopic (exact) mass is 553 g/mol. The fourth-order valence-corrected chi connectivity index (χ4v) is 8.86. The van der Waals surface area contributed by atoms with Gasteiger partial charge in [-0.15, -0.1) is 0 Å². The lowest BCUT2D eigenvalue weighted by atomic mass is 10.2. The van der Waals surface area contributed by atoms with Gasteiger partial charge in [0.1, 0.15) is 15.9 Å². The Morgan fingerprint density at radius 1 is 0.579 bits per heavy atom. The molecule has 0 fully saturated rings. The van der Waals surface area contributed by atoms with Crippen LogP contribution in [0.4, 0.5) is 0 Å². The lowest BCUT2D eigenvalue weighted by Crippen LogP contribution is -3.00. The zero-order valence-corrected chi connectivity index (χ0v) is 23.0. The summed E-state index contributed by atoms with van der Waals surface area (Å²) >= 11 is 6.21. The molecule has 0 aliphatic heterocycles. The van der Waals surface area contributed by atoms with Gasteiger partial charge in [0.2, 0.25) is 0 Å². The molecule has 2 nitrogen and oxygen atoms in total. The number of rotatable bonds is 7. The van der Waals surface area contributed by atoms with Crippen LogP contribution in [0.25, 0.3) is 6.08 Å². The van der Waals surface area contributed by atoms with Gasteiger partial charge in [0.05, 0.1) is 0 Å². The Balaban J connectivity index is 0.00000336. The van der Waals surface area contributed by atoms with Gasteiger partial charge in [0, 0.05) is 16.7 Å². The molecule has 0 saturated carbocycles. The summed E-state index contributed by atoms with van der Waals surface area (Å²) in [7, 11) is -2.52. The van der Waals surface area contributed by atoms with Gasteiger partial charge in [0.25, 0.3) is 5.91 Å². The molecule has 0 bridgehead atoms. The number of amides is 1. The van der Waals surface area contributed by atoms with E-state index in [2.05, 4.69) is 84.2 Å². The Kier molecular flexibility index (Phi) is 9.15. The third kappa shape index (κ3) is 5.74. The van der Waals surface area contributed by atoms with Crippen LogP contribution in [0.3, 0.4) is 0 Å². The Morgan fingerprint density at radius 3 is 1.39 bits per heavy atom. The van der Waals surface area contributed by atoms with Crippen LogP contribution >= 0.6 is 18.9 Å². The van der Waals surface area contributed by atoms with E-state index in [1.807, 2.05) is 72.8 Å². The Morgan fingerprint density at radius 2 is 0.974 bits per heavy atom. The molecule has 0 heterocycles. The van der Waals surface area contributed by atoms with Crippen LogP contribution < -0.4 is 33.6 Å². The molecule has 0 spiro atoms. The van der Waals surface area contributed by atoms with Gasteiger partial charge < -0.3 is 12.4 Å². The molecule has 0 aliphatic carbocycles. The largest absolute Gasteiger partial charge is 1.00 e. The van der Waals surface area contributed by atoms with Crippen molar-refractivity contribution in [2.75, 3.05) is 0 Å². The van der Waals surface area contributed by atoms with Gasteiger partial charge in [-0.05, 0) is 66.2 Å². The Labute approximate surface area is 235 Å². The molecule has 0 atom stereocenters. The second-order valence-electron chi connectivity index (χ2n) is 8.58. The molecule has 0 saturated heterocycles. The minimum Gasteiger partial charge on any atom is -1.00 e. The maximum atomic E-state index is 13.7. The molecule has 1 amide bonds. The highest BCUT2D eigenvalue weighted by Crippen LogP contribution is 2.61. The van der Waals surface area contributed by atoms with Crippen molar-refractivity contribution in [2.45, 2.75) is 0 Å². The van der Waals surface area contributed by atoms with E-state index >= 15 is 0 Å². The van der Waals surface area contributed by atoms with E-state index < -0.39 is 7.26 Å². The highest BCUT2D eigenvalue weighted by atomic mass is 35.5. The topological polar surface area (TPSA) is 29.1 Å². The number of carbonyl (C=O) groups excluding carboxylic acids is 1. The molecule has 0 aromatic heterocycles. The lowest BCUT2D eigenvalue weighted by Gasteiger charge is -2.29. The fraction of sp³-hybridized carbons (Fsp3) is 0. The van der Waals surface area contributed by atoms with Gasteiger partial charge in [0.15, 0.2) is 12.7 Å². The van der Waals surface area contributed by atoms with Gasteiger partial charge >= 0.3 is 0 Å². The number of carbonyl (C=O) groups is 1. The van der Waals surface area contributed by atoms with E-state index in [0.717, 1.165) is 26.9 Å². The molecule has 5 heteroatoms. The van der Waals surface area contributed by atoms with Crippen molar-refractivity contribution in [2.24, 2.45) is 0 Å². The maximum Gasteiger partial charge on any atom is 0.258 e. The molecule has 0 radical (unpaired) electrons. The van der Waals surface area contributed by atoms with Crippen LogP contribution in [0.2, 0.25) is 5.02 Å². The van der Waals surface area contributed by atoms with Crippen molar-refractivity contribution in [3.63, 3.8) is 0 Å². The van der Waals surface area contributed by atoms with Gasteiger partial charge in [-0.3, -0.25) is 10.1 Å². The first-order valence-corrected chi connectivity index (χ1v) is 14.2. The molecular weight excluding hydrogens is 528 g/mol. The van der Waals surface area contributed by atoms with E-state index in [1.165, 1.54) is 0 Å². The zero-order chi connectivity index (χ0) is 25.5. The molecule has 5 aromatic carbocycles. The number of nitrogens with one attached hydrogen (secondary N) is 1. The molecule has 1 N–H and O–H groups in total. The first kappa shape index (κ1) is 27.4. The van der Waals surface area contributed by atoms with Crippen LogP contribution in [0, 0.1) is 0 Å². The van der Waals surface area contributed by atoms with Crippen LogP contribution in [0.1, 0.15) is 15.9 Å². The highest BCUT2D eigenvalue weighted by molar-refractivity contribution is 7.99. The molecule has 0 aliphatic rings. The van der Waals surface area contributed by atoms with E-state index in [1.54, 1.807) is 0 Å². The second kappa shape index (κ2) is 12.7. The standard InChI is InChI=1S/C33H25ClNOP.ClH/c34-28-23-21-26(22-24-28)25-32(35-33(36)27-13-5-1-6-14-27)37(29-15-7-2-8-16-29,30-17-9-3-10-18-30)31-19-11-4-12-20-31;/h1-25H;1H/b32-25-;. The number of hydrogen-bond acceptors (Lipinski definition) is 1. The van der Waals surface area contributed by atoms with Crippen LogP contribution in [0.5, 0.6) is 0 Å². The van der Waals surface area contributed by atoms with Crippen molar-refractivity contribution in [3.8, 4) is 0 Å². The van der Waals surface area contributed by atoms with Crippen molar-refractivity contribution in [3.05, 3.63) is 167 Å². The molecule has 38 heavy (non-hydrogen) atoms. The van der Waals surface area contributed by atoms with E-state index in [4.69, 9.17) is 11.6 Å². The SMILES string of the molecule is O=C(N/C(=C/c1ccc(Cl)cc1)[P+](c1ccccc1)(c1ccccc1)c1ccccc1)c1ccccc1.[Cl-]. The van der Waals surface area contributed by atoms with Gasteiger partial charge in [-0.1, -0.05) is 96.5 Å². The zero-order valence-electron chi connectivity index (χ0n) is 20.5. The average molecular weight is 554 g/mol. The van der Waals surface area contributed by atoms with E-state index in [9.17, 15) is 4.79 Å². The van der Waals surface area contributed by atoms with Crippen LogP contribution in [-0.2, 0) is 0 Å². The molecule has 5 rings (SSSR count). The average Bonchev–Trinajstić information content (AvgIpc) is 2.97. The summed E-state index contributed by atoms with van der Waals surface area (Å²) in [5, 5.41) is 7.50. The predicted molar refractivity (Wildman–Crippen MR) is 158 cm³/mol. The van der Waals surface area contributed by atoms with Crippen molar-refractivity contribution < 1.29 is 17.2 Å². The van der Waals surface area contributed by atoms with E-state index in [-0.39, 0.29) is 18.3 Å². The highest BCUT2D eigenvalue weighted by Gasteiger charge is 2.50. The summed E-state index contributed by atoms with van der Waals surface area (Å²) < 4.78 is 0. The summed E-state index contributed by atoms with van der Waals surface area (Å²) in [5.41, 5.74) is 2.42. The first-order valence-electron chi connectivity index (χ1n) is 12.1. The fourth-order valence-electron chi connectivity index (χ4n) is 4.53. The van der Waals surface area contributed by atoms with Crippen LogP contribution in [-0.4, -0.2) is 5.91 Å². The number of hydrogen-bond donors (Lipinski definition) is 1. The first-order chi connectivity index (χ1) is 18.2. The molecule has 5 aromatic rings. The Hall–Kier alpha value is -3.68.